The molecule has 2 heterocycles. The lowest BCUT2D eigenvalue weighted by atomic mass is 10.1. The maximum Gasteiger partial charge on any atom is 0.362 e. The highest BCUT2D eigenvalue weighted by atomic mass is 32.2. The highest BCUT2D eigenvalue weighted by Crippen LogP contribution is 2.29. The van der Waals surface area contributed by atoms with Gasteiger partial charge in [0.1, 0.15) is 29.7 Å². The predicted octanol–water partition coefficient (Wildman–Crippen LogP) is -1.96. The zero-order valence-electron chi connectivity index (χ0n) is 16.0. The van der Waals surface area contributed by atoms with Gasteiger partial charge in [-0.3, -0.25) is 23.7 Å². The lowest BCUT2D eigenvalue weighted by Gasteiger charge is -2.16. The number of ether oxygens (including phenoxy) is 1. The van der Waals surface area contributed by atoms with Crippen LogP contribution in [0.1, 0.15) is 16.6 Å². The van der Waals surface area contributed by atoms with Gasteiger partial charge in [0.25, 0.3) is 11.6 Å². The SMILES string of the molecule is Nc1ccn([C@@H]2O[C@H](COS(=O)(=O)NC(=O)c3ccccc3[N+](=O)[O-])[C@@H](O)[C@H]2O)c(=O)n1. The summed E-state index contributed by atoms with van der Waals surface area (Å²) in [6.45, 7) is -0.856. The molecule has 0 aliphatic carbocycles. The zero-order valence-corrected chi connectivity index (χ0v) is 16.8. The largest absolute Gasteiger partial charge is 0.387 e. The number of aliphatic hydroxyl groups excluding tert-OH is 2. The van der Waals surface area contributed by atoms with Gasteiger partial charge in [-0.2, -0.15) is 13.4 Å². The molecule has 3 rings (SSSR count). The Kier molecular flexibility index (Phi) is 6.51. The molecule has 1 saturated heterocycles. The predicted molar refractivity (Wildman–Crippen MR) is 104 cm³/mol. The topological polar surface area (TPSA) is 226 Å². The van der Waals surface area contributed by atoms with Crippen LogP contribution in [0.3, 0.4) is 0 Å². The fourth-order valence-electron chi connectivity index (χ4n) is 2.90. The van der Waals surface area contributed by atoms with Crippen LogP contribution in [0.25, 0.3) is 0 Å². The number of nitrogen functional groups attached to an aromatic ring is 1. The molecule has 1 aromatic carbocycles. The normalized spacial score (nSPS) is 23.1. The number of anilines is 1. The number of aromatic nitrogens is 2. The van der Waals surface area contributed by atoms with Crippen LogP contribution >= 0.6 is 0 Å². The number of nitrogens with zero attached hydrogens (tertiary/aromatic N) is 3. The van der Waals surface area contributed by atoms with Crippen LogP contribution in [-0.2, 0) is 19.2 Å². The van der Waals surface area contributed by atoms with Crippen molar-refractivity contribution in [1.82, 2.24) is 14.3 Å². The quantitative estimate of drug-likeness (QED) is 0.255. The van der Waals surface area contributed by atoms with E-state index in [0.717, 1.165) is 22.9 Å². The Balaban J connectivity index is 1.67. The third kappa shape index (κ3) is 4.89. The lowest BCUT2D eigenvalue weighted by Crippen LogP contribution is -2.38. The first-order valence-corrected chi connectivity index (χ1v) is 10.2. The minimum Gasteiger partial charge on any atom is -0.387 e. The number of rotatable bonds is 7. The highest BCUT2D eigenvalue weighted by molar-refractivity contribution is 7.85. The summed E-state index contributed by atoms with van der Waals surface area (Å²) < 4.78 is 36.4. The smallest absolute Gasteiger partial charge is 0.362 e. The Bertz CT molecular complexity index is 1200. The van der Waals surface area contributed by atoms with Crippen molar-refractivity contribution in [3.8, 4) is 0 Å². The Labute approximate surface area is 179 Å². The van der Waals surface area contributed by atoms with E-state index in [9.17, 15) is 38.3 Å². The molecule has 0 saturated carbocycles. The summed E-state index contributed by atoms with van der Waals surface area (Å²) in [4.78, 5) is 37.6. The van der Waals surface area contributed by atoms with E-state index in [1.54, 1.807) is 0 Å². The van der Waals surface area contributed by atoms with Crippen LogP contribution in [0.5, 0.6) is 0 Å². The molecule has 1 amide bonds. The van der Waals surface area contributed by atoms with Gasteiger partial charge in [0.05, 0.1) is 11.5 Å². The number of carbonyl (C=O) groups excluding carboxylic acids is 1. The van der Waals surface area contributed by atoms with Crippen molar-refractivity contribution in [1.29, 1.82) is 0 Å². The molecule has 4 atom stereocenters. The van der Waals surface area contributed by atoms with Crippen molar-refractivity contribution in [2.45, 2.75) is 24.5 Å². The summed E-state index contributed by atoms with van der Waals surface area (Å²) in [6.07, 6.45) is -4.97. The number of nitrogens with two attached hydrogens (primary N) is 1. The van der Waals surface area contributed by atoms with Crippen molar-refractivity contribution < 1.29 is 37.3 Å². The van der Waals surface area contributed by atoms with Crippen LogP contribution in [-0.4, -0.2) is 63.9 Å². The standard InChI is InChI=1S/C16H17N5O10S/c17-11-5-6-20(16(25)18-11)15-13(23)12(22)10(31-15)7-30-32(28,29)19-14(24)8-3-1-2-4-9(8)21(26)27/h1-6,10,12-13,15,22-23H,7H2,(H,19,24)(H2,17,18,25)/t10-,12-,13-,15-/m1/s1. The molecule has 0 radical (unpaired) electrons. The number of aliphatic hydroxyl groups is 2. The number of hydrogen-bond acceptors (Lipinski definition) is 12. The van der Waals surface area contributed by atoms with Gasteiger partial charge in [-0.1, -0.05) is 12.1 Å². The first kappa shape index (κ1) is 23.2. The minimum absolute atomic E-state index is 0.0837. The van der Waals surface area contributed by atoms with E-state index in [-0.39, 0.29) is 5.82 Å². The second-order valence-corrected chi connectivity index (χ2v) is 7.88. The molecular weight excluding hydrogens is 454 g/mol. The second-order valence-electron chi connectivity index (χ2n) is 6.53. The van der Waals surface area contributed by atoms with Crippen LogP contribution in [0, 0.1) is 10.1 Å². The highest BCUT2D eigenvalue weighted by Gasteiger charge is 2.45. The molecule has 16 heteroatoms. The molecule has 1 aromatic heterocycles. The van der Waals surface area contributed by atoms with Gasteiger partial charge in [-0.15, -0.1) is 0 Å². The Morgan fingerprint density at radius 3 is 2.66 bits per heavy atom. The number of carbonyl (C=O) groups is 1. The molecule has 1 fully saturated rings. The summed E-state index contributed by atoms with van der Waals surface area (Å²) in [5.74, 6) is -1.40. The molecule has 2 aromatic rings. The van der Waals surface area contributed by atoms with Gasteiger partial charge >= 0.3 is 16.0 Å². The van der Waals surface area contributed by atoms with E-state index < -0.39 is 69.2 Å². The number of amides is 1. The minimum atomic E-state index is -4.79. The maximum absolute atomic E-state index is 12.1. The molecule has 0 spiro atoms. The molecule has 1 aliphatic rings. The molecule has 5 N–H and O–H groups in total. The summed E-state index contributed by atoms with van der Waals surface area (Å²) in [5.41, 5.74) is 3.36. The van der Waals surface area contributed by atoms with Gasteiger partial charge in [-0.25, -0.2) is 9.52 Å². The van der Waals surface area contributed by atoms with Gasteiger partial charge in [0.2, 0.25) is 0 Å². The second kappa shape index (κ2) is 8.97. The van der Waals surface area contributed by atoms with Crippen molar-refractivity contribution in [3.63, 3.8) is 0 Å². The first-order chi connectivity index (χ1) is 15.0. The van der Waals surface area contributed by atoms with E-state index in [1.165, 1.54) is 22.9 Å². The molecule has 1 aliphatic heterocycles. The zero-order chi connectivity index (χ0) is 23.6. The van der Waals surface area contributed by atoms with Crippen molar-refractivity contribution in [2.24, 2.45) is 0 Å². The average Bonchev–Trinajstić information content (AvgIpc) is 3.00. The maximum atomic E-state index is 12.1. The van der Waals surface area contributed by atoms with Gasteiger partial charge in [0.15, 0.2) is 6.23 Å². The van der Waals surface area contributed by atoms with E-state index in [1.807, 2.05) is 0 Å². The van der Waals surface area contributed by atoms with E-state index in [0.29, 0.717) is 0 Å². The number of nitro groups is 1. The Hall–Kier alpha value is -3.44. The molecular formula is C16H17N5O10S. The first-order valence-electron chi connectivity index (χ1n) is 8.81. The fraction of sp³-hybridized carbons (Fsp3) is 0.312. The average molecular weight is 471 g/mol. The number of hydrogen-bond donors (Lipinski definition) is 4. The van der Waals surface area contributed by atoms with Crippen LogP contribution in [0.15, 0.2) is 41.3 Å². The summed E-state index contributed by atoms with van der Waals surface area (Å²) >= 11 is 0. The molecule has 15 nitrogen and oxygen atoms in total. The molecule has 172 valence electrons. The van der Waals surface area contributed by atoms with Crippen LogP contribution < -0.4 is 16.1 Å². The number of nitro benzene ring substituents is 1. The summed E-state index contributed by atoms with van der Waals surface area (Å²) in [5, 5.41) is 31.3. The number of nitrogens with one attached hydrogen (secondary N) is 1. The third-order valence-corrected chi connectivity index (χ3v) is 5.30. The van der Waals surface area contributed by atoms with Gasteiger partial charge < -0.3 is 20.7 Å². The van der Waals surface area contributed by atoms with Crippen LogP contribution in [0.2, 0.25) is 0 Å². The summed E-state index contributed by atoms with van der Waals surface area (Å²) in [6, 6.07) is 5.90. The van der Waals surface area contributed by atoms with Crippen molar-refractivity contribution in [3.05, 3.63) is 62.7 Å². The van der Waals surface area contributed by atoms with Crippen molar-refractivity contribution >= 4 is 27.7 Å². The monoisotopic (exact) mass is 471 g/mol. The van der Waals surface area contributed by atoms with E-state index in [2.05, 4.69) is 9.17 Å². The Morgan fingerprint density at radius 1 is 1.31 bits per heavy atom. The van der Waals surface area contributed by atoms with E-state index in [4.69, 9.17) is 10.5 Å². The lowest BCUT2D eigenvalue weighted by molar-refractivity contribution is -0.385. The number of para-hydroxylation sites is 1. The molecule has 0 bridgehead atoms. The number of benzene rings is 1. The summed E-state index contributed by atoms with van der Waals surface area (Å²) in [7, 11) is -4.79. The van der Waals surface area contributed by atoms with Gasteiger partial charge in [0, 0.05) is 12.3 Å². The van der Waals surface area contributed by atoms with E-state index >= 15 is 0 Å². The Morgan fingerprint density at radius 2 is 2.00 bits per heavy atom. The van der Waals surface area contributed by atoms with Crippen LogP contribution in [0.4, 0.5) is 11.5 Å². The molecule has 0 unspecified atom stereocenters. The molecule has 32 heavy (non-hydrogen) atoms. The van der Waals surface area contributed by atoms with Crippen molar-refractivity contribution in [2.75, 3.05) is 12.3 Å². The van der Waals surface area contributed by atoms with Gasteiger partial charge in [-0.05, 0) is 12.1 Å². The third-order valence-electron chi connectivity index (χ3n) is 4.41. The fourth-order valence-corrected chi connectivity index (χ4v) is 3.60.